The number of nitrogens with one attached hydrogen (secondary N) is 1. The molecule has 1 amide bonds. The molecule has 1 atom stereocenters. The van der Waals surface area contributed by atoms with E-state index in [1.54, 1.807) is 14.1 Å². The van der Waals surface area contributed by atoms with Gasteiger partial charge in [-0.05, 0) is 38.4 Å². The number of nitrogens with zero attached hydrogens (tertiary/aromatic N) is 1. The van der Waals surface area contributed by atoms with Crippen LogP contribution in [0.25, 0.3) is 0 Å². The molecule has 1 aromatic carbocycles. The molecule has 4 heteroatoms. The molecule has 0 fully saturated rings. The molecule has 0 bridgehead atoms. The van der Waals surface area contributed by atoms with E-state index in [1.807, 2.05) is 13.0 Å². The number of carbonyl (C=O) groups is 1. The summed E-state index contributed by atoms with van der Waals surface area (Å²) in [4.78, 5) is 13.2. The van der Waals surface area contributed by atoms with E-state index in [9.17, 15) is 4.79 Å². The first-order valence-corrected chi connectivity index (χ1v) is 7.12. The van der Waals surface area contributed by atoms with Gasteiger partial charge in [-0.2, -0.15) is 0 Å². The van der Waals surface area contributed by atoms with Crippen LogP contribution in [-0.4, -0.2) is 38.1 Å². The smallest absolute Gasteiger partial charge is 0.259 e. The highest BCUT2D eigenvalue weighted by Crippen LogP contribution is 2.26. The number of rotatable bonds is 7. The summed E-state index contributed by atoms with van der Waals surface area (Å²) in [5.74, 6) is 0.753. The summed E-state index contributed by atoms with van der Waals surface area (Å²) in [7, 11) is 3.46. The van der Waals surface area contributed by atoms with Gasteiger partial charge in [0.1, 0.15) is 5.75 Å². The van der Waals surface area contributed by atoms with Crippen molar-refractivity contribution < 1.29 is 9.53 Å². The van der Waals surface area contributed by atoms with Gasteiger partial charge in [0.05, 0.1) is 0 Å². The third-order valence-electron chi connectivity index (χ3n) is 3.19. The lowest BCUT2D eigenvalue weighted by atomic mass is 10.0. The van der Waals surface area contributed by atoms with Crippen molar-refractivity contribution in [2.75, 3.05) is 27.2 Å². The van der Waals surface area contributed by atoms with Gasteiger partial charge in [0.15, 0.2) is 6.61 Å². The van der Waals surface area contributed by atoms with Crippen molar-refractivity contribution in [1.82, 2.24) is 10.2 Å². The number of hydrogen-bond donors (Lipinski definition) is 1. The molecule has 1 N–H and O–H groups in total. The third kappa shape index (κ3) is 4.85. The van der Waals surface area contributed by atoms with Crippen molar-refractivity contribution in [3.8, 4) is 5.75 Å². The van der Waals surface area contributed by atoms with Crippen LogP contribution in [0, 0.1) is 6.92 Å². The average Bonchev–Trinajstić information content (AvgIpc) is 2.42. The highest BCUT2D eigenvalue weighted by atomic mass is 16.5. The zero-order chi connectivity index (χ0) is 15.1. The van der Waals surface area contributed by atoms with Crippen LogP contribution in [0.2, 0.25) is 0 Å². The van der Waals surface area contributed by atoms with Crippen LogP contribution in [0.15, 0.2) is 18.2 Å². The molecule has 0 heterocycles. The number of likely N-dealkylation sites (N-methyl/N-ethyl adjacent to an activating group) is 1. The molecule has 0 saturated carbocycles. The second kappa shape index (κ2) is 7.90. The van der Waals surface area contributed by atoms with E-state index in [0.29, 0.717) is 0 Å². The molecule has 0 radical (unpaired) electrons. The molecule has 1 aromatic rings. The normalized spacial score (nSPS) is 12.1. The monoisotopic (exact) mass is 278 g/mol. The maximum Gasteiger partial charge on any atom is 0.259 e. The predicted octanol–water partition coefficient (Wildman–Crippen LogP) is 2.52. The minimum absolute atomic E-state index is 0.0355. The molecular weight excluding hydrogens is 252 g/mol. The van der Waals surface area contributed by atoms with Crippen molar-refractivity contribution in [3.63, 3.8) is 0 Å². The Morgan fingerprint density at radius 1 is 1.40 bits per heavy atom. The van der Waals surface area contributed by atoms with E-state index >= 15 is 0 Å². The summed E-state index contributed by atoms with van der Waals surface area (Å²) in [5, 5.41) is 3.44. The molecule has 20 heavy (non-hydrogen) atoms. The van der Waals surface area contributed by atoms with Crippen molar-refractivity contribution in [1.29, 1.82) is 0 Å². The van der Waals surface area contributed by atoms with Gasteiger partial charge in [0.2, 0.25) is 0 Å². The molecule has 4 nitrogen and oxygen atoms in total. The number of carbonyl (C=O) groups excluding carboxylic acids is 1. The van der Waals surface area contributed by atoms with Gasteiger partial charge in [0.25, 0.3) is 5.91 Å². The number of aryl methyl sites for hydroxylation is 1. The highest BCUT2D eigenvalue weighted by molar-refractivity contribution is 5.77. The lowest BCUT2D eigenvalue weighted by Crippen LogP contribution is -2.28. The average molecular weight is 278 g/mol. The van der Waals surface area contributed by atoms with E-state index in [0.717, 1.165) is 29.8 Å². The Balaban J connectivity index is 2.82. The summed E-state index contributed by atoms with van der Waals surface area (Å²) < 4.78 is 5.71. The lowest BCUT2D eigenvalue weighted by Gasteiger charge is -2.19. The van der Waals surface area contributed by atoms with E-state index in [1.165, 1.54) is 4.90 Å². The first kappa shape index (κ1) is 16.5. The molecule has 112 valence electrons. The Morgan fingerprint density at radius 3 is 2.70 bits per heavy atom. The second-order valence-electron chi connectivity index (χ2n) is 5.29. The number of hydrogen-bond acceptors (Lipinski definition) is 3. The van der Waals surface area contributed by atoms with Gasteiger partial charge in [-0.3, -0.25) is 4.79 Å². The zero-order valence-electron chi connectivity index (χ0n) is 13.2. The zero-order valence-corrected chi connectivity index (χ0v) is 13.2. The van der Waals surface area contributed by atoms with Gasteiger partial charge in [-0.25, -0.2) is 0 Å². The predicted molar refractivity (Wildman–Crippen MR) is 82.1 cm³/mol. The minimum Gasteiger partial charge on any atom is -0.483 e. The quantitative estimate of drug-likeness (QED) is 0.833. The fraction of sp³-hybridized carbons (Fsp3) is 0.562. The number of benzene rings is 1. The third-order valence-corrected chi connectivity index (χ3v) is 3.19. The number of amides is 1. The standard InChI is InChI=1S/C16H26N2O2/c1-6-9-17-13(3)14-8-7-12(2)10-15(14)20-11-16(19)18(4)5/h7-8,10,13,17H,6,9,11H2,1-5H3. The van der Waals surface area contributed by atoms with E-state index in [4.69, 9.17) is 4.74 Å². The Labute approximate surface area is 122 Å². The van der Waals surface area contributed by atoms with Crippen LogP contribution in [0.4, 0.5) is 0 Å². The second-order valence-corrected chi connectivity index (χ2v) is 5.29. The molecule has 0 aliphatic heterocycles. The Kier molecular flexibility index (Phi) is 6.52. The summed E-state index contributed by atoms with van der Waals surface area (Å²) in [6, 6.07) is 6.33. The molecule has 1 rings (SSSR count). The molecular formula is C16H26N2O2. The van der Waals surface area contributed by atoms with E-state index in [2.05, 4.69) is 31.3 Å². The van der Waals surface area contributed by atoms with Crippen LogP contribution in [0.3, 0.4) is 0 Å². The summed E-state index contributed by atoms with van der Waals surface area (Å²) in [5.41, 5.74) is 2.22. The van der Waals surface area contributed by atoms with Crippen LogP contribution in [-0.2, 0) is 4.79 Å². The summed E-state index contributed by atoms with van der Waals surface area (Å²) >= 11 is 0. The first-order chi connectivity index (χ1) is 9.45. The molecule has 0 spiro atoms. The lowest BCUT2D eigenvalue weighted by molar-refractivity contribution is -0.130. The van der Waals surface area contributed by atoms with Gasteiger partial charge in [-0.1, -0.05) is 19.1 Å². The van der Waals surface area contributed by atoms with Crippen molar-refractivity contribution in [3.05, 3.63) is 29.3 Å². The van der Waals surface area contributed by atoms with Crippen LogP contribution in [0.1, 0.15) is 37.4 Å². The Hall–Kier alpha value is -1.55. The van der Waals surface area contributed by atoms with Crippen molar-refractivity contribution >= 4 is 5.91 Å². The van der Waals surface area contributed by atoms with Gasteiger partial charge in [0, 0.05) is 25.7 Å². The Morgan fingerprint density at radius 2 is 2.10 bits per heavy atom. The molecule has 1 unspecified atom stereocenters. The fourth-order valence-corrected chi connectivity index (χ4v) is 1.86. The van der Waals surface area contributed by atoms with E-state index in [-0.39, 0.29) is 18.6 Å². The van der Waals surface area contributed by atoms with Gasteiger partial charge in [-0.15, -0.1) is 0 Å². The van der Waals surface area contributed by atoms with Crippen LogP contribution < -0.4 is 10.1 Å². The van der Waals surface area contributed by atoms with Gasteiger partial charge < -0.3 is 15.0 Å². The van der Waals surface area contributed by atoms with Gasteiger partial charge >= 0.3 is 0 Å². The Bertz CT molecular complexity index is 444. The molecule has 0 aliphatic carbocycles. The minimum atomic E-state index is -0.0355. The van der Waals surface area contributed by atoms with Crippen molar-refractivity contribution in [2.45, 2.75) is 33.2 Å². The molecule has 0 saturated heterocycles. The maximum atomic E-state index is 11.6. The SMILES string of the molecule is CCCNC(C)c1ccc(C)cc1OCC(=O)N(C)C. The summed E-state index contributed by atoms with van der Waals surface area (Å²) in [6.07, 6.45) is 1.09. The highest BCUT2D eigenvalue weighted by Gasteiger charge is 2.13. The fourth-order valence-electron chi connectivity index (χ4n) is 1.86. The number of ether oxygens (including phenoxy) is 1. The first-order valence-electron chi connectivity index (χ1n) is 7.12. The largest absolute Gasteiger partial charge is 0.483 e. The topological polar surface area (TPSA) is 41.6 Å². The van der Waals surface area contributed by atoms with Crippen LogP contribution in [0.5, 0.6) is 5.75 Å². The molecule has 0 aromatic heterocycles. The van der Waals surface area contributed by atoms with E-state index < -0.39 is 0 Å². The molecule has 0 aliphatic rings. The summed E-state index contributed by atoms with van der Waals surface area (Å²) in [6.45, 7) is 7.31. The maximum absolute atomic E-state index is 11.6. The van der Waals surface area contributed by atoms with Crippen molar-refractivity contribution in [2.24, 2.45) is 0 Å². The van der Waals surface area contributed by atoms with Crippen LogP contribution >= 0.6 is 0 Å².